The molecule has 2 aliphatic carbocycles. The lowest BCUT2D eigenvalue weighted by Gasteiger charge is -2.44. The van der Waals surface area contributed by atoms with Gasteiger partial charge in [-0.3, -0.25) is 9.69 Å². The molecule has 5 aliphatic rings. The number of piperidine rings is 1. The van der Waals surface area contributed by atoms with Crippen LogP contribution in [0.5, 0.6) is 5.75 Å². The molecule has 5 nitrogen and oxygen atoms in total. The van der Waals surface area contributed by atoms with Gasteiger partial charge in [-0.2, -0.15) is 0 Å². The van der Waals surface area contributed by atoms with E-state index in [2.05, 4.69) is 39.4 Å². The molecule has 1 saturated carbocycles. The minimum atomic E-state index is 0.0517. The van der Waals surface area contributed by atoms with Crippen LogP contribution in [0.15, 0.2) is 36.4 Å². The molecule has 0 radical (unpaired) electrons. The Morgan fingerprint density at radius 2 is 1.76 bits per heavy atom. The van der Waals surface area contributed by atoms with Gasteiger partial charge in [-0.1, -0.05) is 23.7 Å². The van der Waals surface area contributed by atoms with Gasteiger partial charge in [-0.25, -0.2) is 0 Å². The Kier molecular flexibility index (Phi) is 6.33. The van der Waals surface area contributed by atoms with Gasteiger partial charge in [0.2, 0.25) is 5.91 Å². The summed E-state index contributed by atoms with van der Waals surface area (Å²) in [5, 5.41) is 4.16. The van der Waals surface area contributed by atoms with Crippen molar-refractivity contribution >= 4 is 23.2 Å². The lowest BCUT2D eigenvalue weighted by atomic mass is 9.78. The molecule has 2 aromatic rings. The van der Waals surface area contributed by atoms with Crippen molar-refractivity contribution in [3.05, 3.63) is 58.1 Å². The van der Waals surface area contributed by atoms with E-state index in [0.29, 0.717) is 23.1 Å². The van der Waals surface area contributed by atoms with Crippen molar-refractivity contribution in [1.82, 2.24) is 10.2 Å². The monoisotopic (exact) mass is 519 g/mol. The molecule has 1 N–H and O–H groups in total. The van der Waals surface area contributed by atoms with Gasteiger partial charge in [0, 0.05) is 36.8 Å². The van der Waals surface area contributed by atoms with Crippen molar-refractivity contribution in [2.45, 2.75) is 76.0 Å². The molecule has 0 aromatic heterocycles. The highest BCUT2D eigenvalue weighted by Crippen LogP contribution is 2.40. The molecule has 7 rings (SSSR count). The third kappa shape index (κ3) is 4.74. The molecule has 0 spiro atoms. The summed E-state index contributed by atoms with van der Waals surface area (Å²) in [5.74, 6) is 1.41. The van der Waals surface area contributed by atoms with E-state index < -0.39 is 0 Å². The van der Waals surface area contributed by atoms with Crippen LogP contribution in [0, 0.1) is 11.8 Å². The number of carbonyl (C=O) groups is 1. The van der Waals surface area contributed by atoms with E-state index in [0.717, 1.165) is 51.2 Å². The summed E-state index contributed by atoms with van der Waals surface area (Å²) in [6, 6.07) is 13.7. The molecule has 2 aromatic carbocycles. The molecular formula is C31H38ClN3O2. The molecule has 196 valence electrons. The summed E-state index contributed by atoms with van der Waals surface area (Å²) in [6.07, 6.45) is 10.9. The predicted molar refractivity (Wildman–Crippen MR) is 148 cm³/mol. The number of likely N-dealkylation sites (tertiary alicyclic amines) is 1. The number of aryl methyl sites for hydroxylation is 2. The van der Waals surface area contributed by atoms with Crippen LogP contribution in [0.1, 0.15) is 55.2 Å². The first-order valence-corrected chi connectivity index (χ1v) is 14.9. The lowest BCUT2D eigenvalue weighted by Crippen LogP contribution is -2.63. The number of nitrogens with one attached hydrogen (secondary N) is 1. The highest BCUT2D eigenvalue weighted by molar-refractivity contribution is 6.32. The Morgan fingerprint density at radius 3 is 2.54 bits per heavy atom. The van der Waals surface area contributed by atoms with Gasteiger partial charge in [-0.15, -0.1) is 0 Å². The van der Waals surface area contributed by atoms with Crippen molar-refractivity contribution in [2.24, 2.45) is 11.8 Å². The van der Waals surface area contributed by atoms with E-state index in [1.807, 2.05) is 12.1 Å². The van der Waals surface area contributed by atoms with Crippen LogP contribution in [-0.2, 0) is 24.1 Å². The molecule has 3 saturated heterocycles. The molecule has 0 bridgehead atoms. The third-order valence-corrected chi connectivity index (χ3v) is 9.71. The third-order valence-electron chi connectivity index (χ3n) is 9.41. The molecule has 4 atom stereocenters. The van der Waals surface area contributed by atoms with Crippen LogP contribution in [0.25, 0.3) is 0 Å². The first kappa shape index (κ1) is 23.8. The Labute approximate surface area is 225 Å². The van der Waals surface area contributed by atoms with Gasteiger partial charge in [0.05, 0.1) is 17.0 Å². The Bertz CT molecular complexity index is 1180. The van der Waals surface area contributed by atoms with E-state index in [-0.39, 0.29) is 17.9 Å². The number of amides is 1. The zero-order chi connectivity index (χ0) is 24.9. The molecule has 3 aliphatic heterocycles. The number of nitrogens with zero attached hydrogens (tertiary/aromatic N) is 2. The Hall–Kier alpha value is -2.24. The van der Waals surface area contributed by atoms with E-state index in [4.69, 9.17) is 16.3 Å². The number of halogens is 1. The number of anilines is 1. The summed E-state index contributed by atoms with van der Waals surface area (Å²) in [4.78, 5) is 18.7. The second-order valence-corrected chi connectivity index (χ2v) is 12.4. The van der Waals surface area contributed by atoms with Crippen LogP contribution >= 0.6 is 11.6 Å². The number of hydrogen-bond donors (Lipinski definition) is 1. The number of rotatable bonds is 6. The molecule has 37 heavy (non-hydrogen) atoms. The molecular weight excluding hydrogens is 482 g/mol. The van der Waals surface area contributed by atoms with Crippen LogP contribution in [0.2, 0.25) is 5.02 Å². The highest BCUT2D eigenvalue weighted by atomic mass is 35.5. The van der Waals surface area contributed by atoms with Gasteiger partial charge >= 0.3 is 0 Å². The summed E-state index contributed by atoms with van der Waals surface area (Å²) in [5.41, 5.74) is 5.51. The van der Waals surface area contributed by atoms with Crippen LogP contribution in [0.3, 0.4) is 0 Å². The van der Waals surface area contributed by atoms with E-state index in [9.17, 15) is 4.79 Å². The van der Waals surface area contributed by atoms with Gasteiger partial charge < -0.3 is 15.0 Å². The second kappa shape index (κ2) is 9.81. The number of carbonyl (C=O) groups excluding carboxylic acids is 1. The second-order valence-electron chi connectivity index (χ2n) is 12.0. The highest BCUT2D eigenvalue weighted by Gasteiger charge is 2.51. The summed E-state index contributed by atoms with van der Waals surface area (Å²) in [7, 11) is 0. The van der Waals surface area contributed by atoms with Gasteiger partial charge in [0.1, 0.15) is 5.75 Å². The minimum Gasteiger partial charge on any atom is -0.489 e. The van der Waals surface area contributed by atoms with Crippen LogP contribution < -0.4 is 15.0 Å². The predicted octanol–water partition coefficient (Wildman–Crippen LogP) is 5.02. The maximum Gasteiger partial charge on any atom is 0.225 e. The standard InChI is InChI=1S/C31H38ClN3O2/c32-27-15-20(7-12-29(27)37-24-10-11-24)16-28-30(34-13-3-4-14-34)25-18-35(19-26(25)31(36)33-28)23-9-8-21-5-1-2-6-22(21)17-23/h7-9,12,15,17,24-26,28,30H,1-6,10-11,13-14,16,18-19H2,(H,33,36). The fourth-order valence-electron chi connectivity index (χ4n) is 7.38. The fraction of sp³-hybridized carbons (Fsp3) is 0.581. The summed E-state index contributed by atoms with van der Waals surface area (Å²) in [6.45, 7) is 4.05. The van der Waals surface area contributed by atoms with Crippen molar-refractivity contribution in [3.8, 4) is 5.75 Å². The maximum atomic E-state index is 13.5. The van der Waals surface area contributed by atoms with Crippen LogP contribution in [0.4, 0.5) is 5.69 Å². The topological polar surface area (TPSA) is 44.8 Å². The van der Waals surface area contributed by atoms with E-state index >= 15 is 0 Å². The zero-order valence-corrected chi connectivity index (χ0v) is 22.4. The number of ether oxygens (including phenoxy) is 1. The Balaban J connectivity index is 1.13. The normalized spacial score (nSPS) is 29.6. The largest absolute Gasteiger partial charge is 0.489 e. The molecule has 3 heterocycles. The van der Waals surface area contributed by atoms with E-state index in [1.54, 1.807) is 0 Å². The van der Waals surface area contributed by atoms with Crippen LogP contribution in [-0.4, -0.2) is 55.2 Å². The Morgan fingerprint density at radius 1 is 0.946 bits per heavy atom. The smallest absolute Gasteiger partial charge is 0.225 e. The molecule has 4 fully saturated rings. The van der Waals surface area contributed by atoms with E-state index in [1.165, 1.54) is 60.9 Å². The number of fused-ring (bicyclic) bond motifs is 2. The van der Waals surface area contributed by atoms with Gasteiger partial charge in [0.25, 0.3) is 0 Å². The molecule has 4 unspecified atom stereocenters. The average Bonchev–Trinajstić information content (AvgIpc) is 3.36. The number of benzene rings is 2. The van der Waals surface area contributed by atoms with Crippen molar-refractivity contribution in [3.63, 3.8) is 0 Å². The van der Waals surface area contributed by atoms with Gasteiger partial charge in [0.15, 0.2) is 0 Å². The quantitative estimate of drug-likeness (QED) is 0.582. The van der Waals surface area contributed by atoms with Crippen molar-refractivity contribution in [1.29, 1.82) is 0 Å². The first-order valence-electron chi connectivity index (χ1n) is 14.5. The number of hydrogen-bond acceptors (Lipinski definition) is 4. The summed E-state index contributed by atoms with van der Waals surface area (Å²) < 4.78 is 5.95. The van der Waals surface area contributed by atoms with Crippen molar-refractivity contribution in [2.75, 3.05) is 31.1 Å². The molecule has 1 amide bonds. The van der Waals surface area contributed by atoms with Crippen molar-refractivity contribution < 1.29 is 9.53 Å². The average molecular weight is 520 g/mol. The molecule has 6 heteroatoms. The zero-order valence-electron chi connectivity index (χ0n) is 21.6. The minimum absolute atomic E-state index is 0.0517. The van der Waals surface area contributed by atoms with Gasteiger partial charge in [-0.05, 0) is 112 Å². The summed E-state index contributed by atoms with van der Waals surface area (Å²) >= 11 is 6.61. The maximum absolute atomic E-state index is 13.5. The lowest BCUT2D eigenvalue weighted by molar-refractivity contribution is -0.131. The fourth-order valence-corrected chi connectivity index (χ4v) is 7.62. The first-order chi connectivity index (χ1) is 18.1. The SMILES string of the molecule is O=C1NC(Cc2ccc(OC3CC3)c(Cl)c2)C(N2CCCC2)C2CN(c3ccc4c(c3)CCCC4)CC12.